The average molecular weight is 247 g/mol. The second-order valence-corrected chi connectivity index (χ2v) is 7.03. The lowest BCUT2D eigenvalue weighted by Crippen LogP contribution is -2.16. The maximum Gasteiger partial charge on any atom is 0.0807 e. The number of fused-ring (bicyclic) bond motifs is 1. The van der Waals surface area contributed by atoms with Crippen LogP contribution in [0.5, 0.6) is 0 Å². The summed E-state index contributed by atoms with van der Waals surface area (Å²) in [6.45, 7) is 6.97. The monoisotopic (exact) mass is 247 g/mol. The van der Waals surface area contributed by atoms with Gasteiger partial charge in [-0.05, 0) is 56.9 Å². The van der Waals surface area contributed by atoms with Gasteiger partial charge in [-0.25, -0.2) is 0 Å². The first-order valence-electron chi connectivity index (χ1n) is 7.37. The van der Waals surface area contributed by atoms with E-state index in [4.69, 9.17) is 0 Å². The summed E-state index contributed by atoms with van der Waals surface area (Å²) in [6.07, 6.45) is 6.91. The normalized spacial score (nSPS) is 30.4. The predicted molar refractivity (Wildman–Crippen MR) is 73.7 cm³/mol. The van der Waals surface area contributed by atoms with Gasteiger partial charge in [0.2, 0.25) is 0 Å². The number of aliphatic hydroxyl groups is 1. The van der Waals surface area contributed by atoms with E-state index in [9.17, 15) is 5.11 Å². The van der Waals surface area contributed by atoms with E-state index in [1.807, 2.05) is 0 Å². The lowest BCUT2D eigenvalue weighted by atomic mass is 9.91. The van der Waals surface area contributed by atoms with E-state index >= 15 is 0 Å². The SMILES string of the molecule is Cc1cc2c(n1C1CCC(C)(C)C1)CCCC2O. The van der Waals surface area contributed by atoms with Gasteiger partial charge in [0.05, 0.1) is 6.10 Å². The van der Waals surface area contributed by atoms with E-state index in [-0.39, 0.29) is 6.10 Å². The van der Waals surface area contributed by atoms with Crippen LogP contribution in [0.3, 0.4) is 0 Å². The van der Waals surface area contributed by atoms with Gasteiger partial charge in [0.25, 0.3) is 0 Å². The largest absolute Gasteiger partial charge is 0.388 e. The Hall–Kier alpha value is -0.760. The molecule has 0 saturated heterocycles. The molecule has 3 rings (SSSR count). The summed E-state index contributed by atoms with van der Waals surface area (Å²) in [5.74, 6) is 0. The van der Waals surface area contributed by atoms with Crippen molar-refractivity contribution in [3.63, 3.8) is 0 Å². The lowest BCUT2D eigenvalue weighted by Gasteiger charge is -2.25. The van der Waals surface area contributed by atoms with E-state index in [1.54, 1.807) is 0 Å². The third kappa shape index (κ3) is 1.91. The smallest absolute Gasteiger partial charge is 0.0807 e. The number of aromatic nitrogens is 1. The van der Waals surface area contributed by atoms with Gasteiger partial charge in [-0.1, -0.05) is 13.8 Å². The molecule has 100 valence electrons. The molecule has 0 amide bonds. The van der Waals surface area contributed by atoms with Crippen LogP contribution in [0.25, 0.3) is 0 Å². The maximum absolute atomic E-state index is 10.1. The van der Waals surface area contributed by atoms with E-state index in [0.29, 0.717) is 11.5 Å². The topological polar surface area (TPSA) is 25.2 Å². The quantitative estimate of drug-likeness (QED) is 0.799. The van der Waals surface area contributed by atoms with Gasteiger partial charge in [-0.15, -0.1) is 0 Å². The minimum absolute atomic E-state index is 0.219. The second kappa shape index (κ2) is 4.12. The van der Waals surface area contributed by atoms with Gasteiger partial charge in [0, 0.05) is 23.0 Å². The van der Waals surface area contributed by atoms with Gasteiger partial charge in [0.15, 0.2) is 0 Å². The second-order valence-electron chi connectivity index (χ2n) is 7.03. The van der Waals surface area contributed by atoms with Crippen molar-refractivity contribution in [2.45, 2.75) is 71.4 Å². The highest BCUT2D eigenvalue weighted by atomic mass is 16.3. The van der Waals surface area contributed by atoms with Crippen LogP contribution in [0.15, 0.2) is 6.07 Å². The van der Waals surface area contributed by atoms with Crippen LogP contribution in [0.4, 0.5) is 0 Å². The van der Waals surface area contributed by atoms with E-state index in [2.05, 4.69) is 31.4 Å². The zero-order valence-electron chi connectivity index (χ0n) is 11.9. The fourth-order valence-electron chi connectivity index (χ4n) is 4.03. The summed E-state index contributed by atoms with van der Waals surface area (Å²) in [5, 5.41) is 10.1. The number of hydrogen-bond donors (Lipinski definition) is 1. The Balaban J connectivity index is 1.98. The van der Waals surface area contributed by atoms with Crippen molar-refractivity contribution in [2.75, 3.05) is 0 Å². The number of aryl methyl sites for hydroxylation is 1. The number of nitrogens with zero attached hydrogens (tertiary/aromatic N) is 1. The van der Waals surface area contributed by atoms with Crippen molar-refractivity contribution >= 4 is 0 Å². The van der Waals surface area contributed by atoms with Crippen molar-refractivity contribution in [1.29, 1.82) is 0 Å². The molecule has 0 aromatic carbocycles. The van der Waals surface area contributed by atoms with Crippen LogP contribution in [0, 0.1) is 12.3 Å². The van der Waals surface area contributed by atoms with Crippen LogP contribution >= 0.6 is 0 Å². The third-order valence-corrected chi connectivity index (χ3v) is 4.93. The molecule has 2 unspecified atom stereocenters. The summed E-state index contributed by atoms with van der Waals surface area (Å²) in [5.41, 5.74) is 4.47. The molecule has 2 aliphatic rings. The summed E-state index contributed by atoms with van der Waals surface area (Å²) in [4.78, 5) is 0. The molecular weight excluding hydrogens is 222 g/mol. The summed E-state index contributed by atoms with van der Waals surface area (Å²) >= 11 is 0. The fourth-order valence-corrected chi connectivity index (χ4v) is 4.03. The van der Waals surface area contributed by atoms with Crippen LogP contribution < -0.4 is 0 Å². The maximum atomic E-state index is 10.1. The summed E-state index contributed by atoms with van der Waals surface area (Å²) in [6, 6.07) is 2.89. The molecule has 0 aliphatic heterocycles. The number of aliphatic hydroxyl groups excluding tert-OH is 1. The number of rotatable bonds is 1. The Morgan fingerprint density at radius 2 is 2.11 bits per heavy atom. The molecule has 2 nitrogen and oxygen atoms in total. The Morgan fingerprint density at radius 3 is 2.78 bits per heavy atom. The fraction of sp³-hybridized carbons (Fsp3) is 0.750. The Morgan fingerprint density at radius 1 is 1.33 bits per heavy atom. The highest BCUT2D eigenvalue weighted by Gasteiger charge is 2.34. The molecule has 0 bridgehead atoms. The minimum Gasteiger partial charge on any atom is -0.388 e. The Bertz CT molecular complexity index is 458. The van der Waals surface area contributed by atoms with Crippen molar-refractivity contribution in [3.05, 3.63) is 23.0 Å². The molecule has 18 heavy (non-hydrogen) atoms. The molecular formula is C16H25NO. The average Bonchev–Trinajstić information content (AvgIpc) is 2.79. The van der Waals surface area contributed by atoms with Crippen molar-refractivity contribution in [3.8, 4) is 0 Å². The highest BCUT2D eigenvalue weighted by molar-refractivity contribution is 5.32. The van der Waals surface area contributed by atoms with Crippen molar-refractivity contribution in [1.82, 2.24) is 4.57 Å². The first-order valence-corrected chi connectivity index (χ1v) is 7.37. The molecule has 1 aromatic heterocycles. The predicted octanol–water partition coefficient (Wildman–Crippen LogP) is 3.92. The zero-order chi connectivity index (χ0) is 12.9. The van der Waals surface area contributed by atoms with Crippen LogP contribution in [0.1, 0.15) is 75.0 Å². The summed E-state index contributed by atoms with van der Waals surface area (Å²) < 4.78 is 2.55. The van der Waals surface area contributed by atoms with E-state index < -0.39 is 0 Å². The Labute approximate surface area is 110 Å². The molecule has 0 spiro atoms. The Kier molecular flexibility index (Phi) is 2.81. The molecule has 1 N–H and O–H groups in total. The van der Waals surface area contributed by atoms with Gasteiger partial charge >= 0.3 is 0 Å². The molecule has 2 atom stereocenters. The minimum atomic E-state index is -0.219. The molecule has 1 heterocycles. The molecule has 1 fully saturated rings. The van der Waals surface area contributed by atoms with Crippen LogP contribution in [-0.2, 0) is 6.42 Å². The van der Waals surface area contributed by atoms with Crippen molar-refractivity contribution in [2.24, 2.45) is 5.41 Å². The first kappa shape index (κ1) is 12.3. The van der Waals surface area contributed by atoms with Gasteiger partial charge in [-0.3, -0.25) is 0 Å². The van der Waals surface area contributed by atoms with Crippen LogP contribution in [0.2, 0.25) is 0 Å². The summed E-state index contributed by atoms with van der Waals surface area (Å²) in [7, 11) is 0. The van der Waals surface area contributed by atoms with Gasteiger partial charge in [-0.2, -0.15) is 0 Å². The first-order chi connectivity index (χ1) is 8.48. The number of hydrogen-bond acceptors (Lipinski definition) is 1. The van der Waals surface area contributed by atoms with Gasteiger partial charge in [0.1, 0.15) is 0 Å². The third-order valence-electron chi connectivity index (χ3n) is 4.93. The van der Waals surface area contributed by atoms with Crippen molar-refractivity contribution < 1.29 is 5.11 Å². The van der Waals surface area contributed by atoms with E-state index in [0.717, 1.165) is 19.3 Å². The molecule has 1 aromatic rings. The van der Waals surface area contributed by atoms with E-state index in [1.165, 1.54) is 36.2 Å². The highest BCUT2D eigenvalue weighted by Crippen LogP contribution is 2.46. The van der Waals surface area contributed by atoms with Gasteiger partial charge < -0.3 is 9.67 Å². The molecule has 1 saturated carbocycles. The molecule has 0 radical (unpaired) electrons. The lowest BCUT2D eigenvalue weighted by molar-refractivity contribution is 0.155. The standard InChI is InChI=1S/C16H25NO/c1-11-9-13-14(5-4-6-15(13)18)17(11)12-7-8-16(2,3)10-12/h9,12,15,18H,4-8,10H2,1-3H3. The van der Waals surface area contributed by atoms with Crippen LogP contribution in [-0.4, -0.2) is 9.67 Å². The zero-order valence-corrected chi connectivity index (χ0v) is 11.9. The molecule has 2 aliphatic carbocycles. The molecule has 2 heteroatoms.